The molecule has 1 aromatic carbocycles. The summed E-state index contributed by atoms with van der Waals surface area (Å²) in [5, 5.41) is 49.0. The number of esters is 1. The molecule has 0 radical (unpaired) electrons. The van der Waals surface area contributed by atoms with Crippen LogP contribution < -0.4 is 10.2 Å². The van der Waals surface area contributed by atoms with Gasteiger partial charge in [0.05, 0.1) is 32.6 Å². The molecule has 0 aromatic heterocycles. The summed E-state index contributed by atoms with van der Waals surface area (Å²) in [4.78, 5) is 13.1. The van der Waals surface area contributed by atoms with Gasteiger partial charge >= 0.3 is 5.97 Å². The first kappa shape index (κ1) is 30.1. The molecule has 7 N–H and O–H groups in total. The van der Waals surface area contributed by atoms with Gasteiger partial charge in [-0.1, -0.05) is 36.4 Å². The highest BCUT2D eigenvalue weighted by atomic mass is 16.6. The highest BCUT2D eigenvalue weighted by Crippen LogP contribution is 2.21. The largest absolute Gasteiger partial charge is 0.505 e. The van der Waals surface area contributed by atoms with Crippen LogP contribution in [0.5, 0.6) is 0 Å². The molecule has 10 nitrogen and oxygen atoms in total. The summed E-state index contributed by atoms with van der Waals surface area (Å²) in [6.45, 7) is 2.26. The van der Waals surface area contributed by atoms with Crippen molar-refractivity contribution in [1.29, 1.82) is 0 Å². The smallest absolute Gasteiger partial charge is 0.377 e. The van der Waals surface area contributed by atoms with Crippen LogP contribution in [0.3, 0.4) is 0 Å². The molecule has 0 saturated heterocycles. The first-order valence-corrected chi connectivity index (χ1v) is 12.4. The van der Waals surface area contributed by atoms with Gasteiger partial charge in [-0.25, -0.2) is 4.79 Å². The Balaban J connectivity index is 1.51. The number of carbonyl (C=O) groups is 1. The van der Waals surface area contributed by atoms with Crippen molar-refractivity contribution in [3.8, 4) is 0 Å². The van der Waals surface area contributed by atoms with Crippen LogP contribution in [0.15, 0.2) is 66.3 Å². The number of hydrogen-bond donors (Lipinski definition) is 6. The zero-order valence-electron chi connectivity index (χ0n) is 21.0. The molecule has 2 rings (SSSR count). The van der Waals surface area contributed by atoms with Crippen molar-refractivity contribution < 1.29 is 45.1 Å². The van der Waals surface area contributed by atoms with Crippen molar-refractivity contribution in [2.24, 2.45) is 0 Å². The van der Waals surface area contributed by atoms with E-state index in [1.165, 1.54) is 0 Å². The molecular weight excluding hydrogens is 480 g/mol. The van der Waals surface area contributed by atoms with Crippen LogP contribution in [0.25, 0.3) is 6.08 Å². The van der Waals surface area contributed by atoms with Gasteiger partial charge in [0.15, 0.2) is 11.9 Å². The molecule has 0 spiro atoms. The number of rotatable bonds is 18. The van der Waals surface area contributed by atoms with Crippen molar-refractivity contribution in [1.82, 2.24) is 0 Å². The summed E-state index contributed by atoms with van der Waals surface area (Å²) in [5.74, 6) is -2.59. The molecule has 0 aliphatic carbocycles. The van der Waals surface area contributed by atoms with Crippen LogP contribution in [-0.4, -0.2) is 89.8 Å². The number of nitrogens with zero attached hydrogens (tertiary/aromatic N) is 1. The molecule has 2 unspecified atom stereocenters. The maximum absolute atomic E-state index is 11.1. The van der Waals surface area contributed by atoms with Crippen LogP contribution in [-0.2, 0) is 14.3 Å². The second-order valence-electron chi connectivity index (χ2n) is 8.41. The van der Waals surface area contributed by atoms with Gasteiger partial charge in [-0.05, 0) is 43.0 Å². The molecule has 10 heteroatoms. The fraction of sp³-hybridized carbons (Fsp3) is 0.444. The monoisotopic (exact) mass is 519 g/mol. The number of anilines is 1. The van der Waals surface area contributed by atoms with Crippen LogP contribution in [0, 0.1) is 0 Å². The van der Waals surface area contributed by atoms with Crippen LogP contribution >= 0.6 is 0 Å². The Morgan fingerprint density at radius 2 is 1.78 bits per heavy atom. The predicted octanol–water partition coefficient (Wildman–Crippen LogP) is 0.925. The van der Waals surface area contributed by atoms with Gasteiger partial charge in [-0.2, -0.15) is 0 Å². The number of aliphatic hydroxyl groups excluding tert-OH is 5. The number of allylic oxidation sites excluding steroid dienone is 4. The summed E-state index contributed by atoms with van der Waals surface area (Å²) in [6, 6.07) is 8.00. The first-order chi connectivity index (χ1) is 18.0. The molecule has 0 saturated carbocycles. The van der Waals surface area contributed by atoms with E-state index in [2.05, 4.69) is 28.3 Å². The third kappa shape index (κ3) is 10.8. The number of benzene rings is 1. The van der Waals surface area contributed by atoms with Gasteiger partial charge in [0.1, 0.15) is 6.10 Å². The van der Waals surface area contributed by atoms with E-state index >= 15 is 0 Å². The lowest BCUT2D eigenvalue weighted by Crippen LogP contribution is -2.78. The summed E-state index contributed by atoms with van der Waals surface area (Å²) in [7, 11) is 0. The maximum Gasteiger partial charge on any atom is 0.377 e. The fourth-order valence-corrected chi connectivity index (χ4v) is 3.57. The molecule has 37 heavy (non-hydrogen) atoms. The van der Waals surface area contributed by atoms with E-state index in [0.717, 1.165) is 37.1 Å². The van der Waals surface area contributed by atoms with Crippen molar-refractivity contribution >= 4 is 17.7 Å². The molecule has 0 fully saturated rings. The van der Waals surface area contributed by atoms with E-state index in [9.17, 15) is 20.1 Å². The third-order valence-corrected chi connectivity index (χ3v) is 5.56. The molecule has 204 valence electrons. The lowest BCUT2D eigenvalue weighted by atomic mass is 10.1. The normalized spacial score (nSPS) is 16.9. The van der Waals surface area contributed by atoms with Crippen LogP contribution in [0.2, 0.25) is 0 Å². The average molecular weight is 520 g/mol. The van der Waals surface area contributed by atoms with Crippen molar-refractivity contribution in [2.45, 2.75) is 31.5 Å². The second-order valence-corrected chi connectivity index (χ2v) is 8.41. The Kier molecular flexibility index (Phi) is 14.1. The Bertz CT molecular complexity index is 921. The highest BCUT2D eigenvalue weighted by Gasteiger charge is 2.39. The molecule has 0 amide bonds. The van der Waals surface area contributed by atoms with Crippen LogP contribution in [0.4, 0.5) is 5.69 Å². The number of quaternary nitrogens is 1. The van der Waals surface area contributed by atoms with E-state index in [4.69, 9.17) is 14.9 Å². The van der Waals surface area contributed by atoms with Gasteiger partial charge in [-0.3, -0.25) is 0 Å². The molecule has 1 aliphatic rings. The molecule has 1 heterocycles. The number of cyclic esters (lactones) is 1. The zero-order chi connectivity index (χ0) is 26.9. The number of hydrogen-bond acceptors (Lipinski definition) is 9. The Morgan fingerprint density at radius 3 is 2.43 bits per heavy atom. The van der Waals surface area contributed by atoms with E-state index in [-0.39, 0.29) is 19.8 Å². The lowest BCUT2D eigenvalue weighted by molar-refractivity contribution is -0.588. The molecule has 1 aliphatic heterocycles. The maximum atomic E-state index is 11.1. The summed E-state index contributed by atoms with van der Waals surface area (Å²) in [6.07, 6.45) is 12.1. The summed E-state index contributed by atoms with van der Waals surface area (Å²) < 4.78 is 10.0. The number of ether oxygens (including phenoxy) is 2. The Labute approximate surface area is 217 Å². The second kappa shape index (κ2) is 17.3. The van der Waals surface area contributed by atoms with Crippen molar-refractivity contribution in [3.05, 3.63) is 71.9 Å². The van der Waals surface area contributed by atoms with E-state index in [0.29, 0.717) is 19.7 Å². The SMILES string of the molecule is O=C1OC(C(O)COCCCC[NH2+]/C=C\C=C/C/C=C/c2ccc(N(CCO)CCO)cc2)C(O)=C1O. The zero-order valence-corrected chi connectivity index (χ0v) is 21.0. The van der Waals surface area contributed by atoms with Gasteiger partial charge in [0.2, 0.25) is 5.76 Å². The van der Waals surface area contributed by atoms with Gasteiger partial charge in [0.25, 0.3) is 0 Å². The van der Waals surface area contributed by atoms with Crippen LogP contribution in [0.1, 0.15) is 24.8 Å². The minimum Gasteiger partial charge on any atom is -0.505 e. The van der Waals surface area contributed by atoms with Gasteiger partial charge in [0, 0.05) is 25.4 Å². The standard InChI is InChI=1S/C27H38N2O8/c30-17-15-29(16-18-31)22-11-9-21(10-12-22)8-4-2-1-3-5-13-28-14-6-7-19-36-20-23(32)26-24(33)25(34)27(35)37-26/h1,3-5,8-13,23,26,28,30-34H,2,6-7,14-20H2/p+1/b3-1-,8-4+,13-5-. The Morgan fingerprint density at radius 1 is 1.05 bits per heavy atom. The quantitative estimate of drug-likeness (QED) is 0.0943. The topological polar surface area (TPSA) is 157 Å². The minimum absolute atomic E-state index is 0.0444. The fourth-order valence-electron chi connectivity index (χ4n) is 3.57. The molecule has 0 bridgehead atoms. The number of aliphatic hydroxyl groups is 5. The van der Waals surface area contributed by atoms with Crippen molar-refractivity contribution in [2.75, 3.05) is 51.0 Å². The number of carbonyl (C=O) groups excluding carboxylic acids is 1. The van der Waals surface area contributed by atoms with E-state index in [1.54, 1.807) is 0 Å². The summed E-state index contributed by atoms with van der Waals surface area (Å²) >= 11 is 0. The molecule has 1 aromatic rings. The lowest BCUT2D eigenvalue weighted by Gasteiger charge is -2.22. The number of nitrogens with two attached hydrogens (primary N) is 1. The predicted molar refractivity (Wildman–Crippen MR) is 140 cm³/mol. The average Bonchev–Trinajstić information content (AvgIpc) is 3.16. The van der Waals surface area contributed by atoms with E-state index < -0.39 is 29.7 Å². The van der Waals surface area contributed by atoms with Crippen molar-refractivity contribution in [3.63, 3.8) is 0 Å². The van der Waals surface area contributed by atoms with Gasteiger partial charge < -0.3 is 45.2 Å². The minimum atomic E-state index is -1.28. The first-order valence-electron chi connectivity index (χ1n) is 12.4. The Hall–Kier alpha value is -3.15. The van der Waals surface area contributed by atoms with Gasteiger partial charge in [-0.15, -0.1) is 0 Å². The number of unbranched alkanes of at least 4 members (excludes halogenated alkanes) is 1. The third-order valence-electron chi connectivity index (χ3n) is 5.56. The summed E-state index contributed by atoms with van der Waals surface area (Å²) in [5.41, 5.74) is 2.06. The molecular formula is C27H39N2O8+. The van der Waals surface area contributed by atoms with E-state index in [1.807, 2.05) is 47.5 Å². The molecule has 2 atom stereocenters. The highest BCUT2D eigenvalue weighted by molar-refractivity contribution is 5.89.